The van der Waals surface area contributed by atoms with Gasteiger partial charge in [0.1, 0.15) is 11.2 Å². The third-order valence-corrected chi connectivity index (χ3v) is 11.1. The van der Waals surface area contributed by atoms with Gasteiger partial charge >= 0.3 is 0 Å². The first-order valence-corrected chi connectivity index (χ1v) is 18.6. The van der Waals surface area contributed by atoms with E-state index in [9.17, 15) is 0 Å². The van der Waals surface area contributed by atoms with Crippen LogP contribution < -0.4 is 0 Å². The Hall–Kier alpha value is -7.50. The zero-order valence-electron chi connectivity index (χ0n) is 29.5. The predicted octanol–water partition coefficient (Wildman–Crippen LogP) is 13.1. The van der Waals surface area contributed by atoms with Gasteiger partial charge in [-0.3, -0.25) is 4.57 Å². The lowest BCUT2D eigenvalue weighted by atomic mass is 10.0. The first-order valence-electron chi connectivity index (χ1n) is 18.6. The molecule has 0 N–H and O–H groups in total. The molecule has 12 rings (SSSR count). The van der Waals surface area contributed by atoms with Crippen LogP contribution in [-0.4, -0.2) is 19.1 Å². The highest BCUT2D eigenvalue weighted by atomic mass is 16.3. The molecule has 0 saturated carbocycles. The molecule has 0 atom stereocenters. The summed E-state index contributed by atoms with van der Waals surface area (Å²) in [5.74, 6) is 0.640. The number of fused-ring (bicyclic) bond motifs is 12. The molecule has 0 aliphatic heterocycles. The van der Waals surface area contributed by atoms with E-state index in [4.69, 9.17) is 14.4 Å². The Morgan fingerprint density at radius 3 is 1.82 bits per heavy atom. The summed E-state index contributed by atoms with van der Waals surface area (Å²) in [5.41, 5.74) is 12.5. The van der Waals surface area contributed by atoms with Crippen molar-refractivity contribution in [2.45, 2.75) is 0 Å². The first kappa shape index (κ1) is 30.0. The van der Waals surface area contributed by atoms with Crippen LogP contribution >= 0.6 is 0 Å². The molecule has 0 aliphatic carbocycles. The molecule has 0 unspecified atom stereocenters. The maximum atomic E-state index is 6.46. The lowest BCUT2D eigenvalue weighted by molar-refractivity contribution is 0.669. The molecule has 0 spiro atoms. The van der Waals surface area contributed by atoms with Crippen molar-refractivity contribution in [3.63, 3.8) is 0 Å². The SMILES string of the molecule is c1ccc(-c2ccc(-n3c4ccc5oc6ccccc6c5c4c4ccc5c(c6ccccc6n5-c5nc(-c6ccccc6)c6ccccc6n5)c43)cc2)cc1. The Kier molecular flexibility index (Phi) is 6.27. The van der Waals surface area contributed by atoms with E-state index in [1.54, 1.807) is 0 Å². The molecule has 0 saturated heterocycles. The zero-order valence-corrected chi connectivity index (χ0v) is 29.5. The van der Waals surface area contributed by atoms with Crippen molar-refractivity contribution < 1.29 is 4.42 Å². The van der Waals surface area contributed by atoms with Gasteiger partial charge in [0.05, 0.1) is 33.3 Å². The van der Waals surface area contributed by atoms with E-state index < -0.39 is 0 Å². The summed E-state index contributed by atoms with van der Waals surface area (Å²) >= 11 is 0. The van der Waals surface area contributed by atoms with E-state index in [1.807, 2.05) is 18.2 Å². The van der Waals surface area contributed by atoms with Crippen molar-refractivity contribution in [2.75, 3.05) is 0 Å². The summed E-state index contributed by atoms with van der Waals surface area (Å²) < 4.78 is 11.1. The van der Waals surface area contributed by atoms with Crippen LogP contribution in [0.25, 0.3) is 110 Å². The van der Waals surface area contributed by atoms with Gasteiger partial charge in [0, 0.05) is 49.0 Å². The van der Waals surface area contributed by atoms with Gasteiger partial charge in [-0.2, -0.15) is 0 Å². The molecule has 0 bridgehead atoms. The van der Waals surface area contributed by atoms with E-state index in [1.165, 1.54) is 21.9 Å². The van der Waals surface area contributed by atoms with Gasteiger partial charge in [-0.15, -0.1) is 0 Å². The van der Waals surface area contributed by atoms with Gasteiger partial charge in [-0.05, 0) is 59.7 Å². The molecule has 4 aromatic heterocycles. The fraction of sp³-hybridized carbons (Fsp3) is 0. The van der Waals surface area contributed by atoms with Gasteiger partial charge in [0.15, 0.2) is 0 Å². The van der Waals surface area contributed by atoms with Crippen LogP contribution in [0.1, 0.15) is 0 Å². The molecule has 256 valence electrons. The van der Waals surface area contributed by atoms with Crippen LogP contribution in [0.15, 0.2) is 186 Å². The van der Waals surface area contributed by atoms with Crippen molar-refractivity contribution >= 4 is 76.5 Å². The van der Waals surface area contributed by atoms with Crippen LogP contribution in [0.3, 0.4) is 0 Å². The number of furan rings is 1. The van der Waals surface area contributed by atoms with Crippen LogP contribution in [0.2, 0.25) is 0 Å². The lowest BCUT2D eigenvalue weighted by Crippen LogP contribution is -2.03. The minimum atomic E-state index is 0.640. The Morgan fingerprint density at radius 1 is 0.364 bits per heavy atom. The van der Waals surface area contributed by atoms with E-state index >= 15 is 0 Å². The normalized spacial score (nSPS) is 12.0. The monoisotopic (exact) mass is 702 g/mol. The number of rotatable bonds is 4. The zero-order chi connectivity index (χ0) is 36.0. The summed E-state index contributed by atoms with van der Waals surface area (Å²) in [6.45, 7) is 0. The van der Waals surface area contributed by atoms with E-state index in [2.05, 4.69) is 173 Å². The van der Waals surface area contributed by atoms with Gasteiger partial charge in [-0.1, -0.05) is 133 Å². The summed E-state index contributed by atoms with van der Waals surface area (Å²) in [6, 6.07) is 64.1. The standard InChI is InChI=1S/C50H30N4O/c1-3-13-31(14-4-1)32-23-25-34(26-24-32)53-41-29-30-44-47(37-19-9-12-22-43(37)55-44)45(41)38-27-28-42-46(49(38)53)36-18-8-11-21-40(36)54(42)50-51-39-20-10-7-17-35(39)48(52-50)33-15-5-2-6-16-33/h1-30H. The second-order valence-electron chi connectivity index (χ2n) is 14.1. The number of aromatic nitrogens is 4. The van der Waals surface area contributed by atoms with Gasteiger partial charge < -0.3 is 8.98 Å². The molecular weight excluding hydrogens is 673 g/mol. The highest BCUT2D eigenvalue weighted by Gasteiger charge is 2.25. The fourth-order valence-corrected chi connectivity index (χ4v) is 8.76. The second kappa shape index (κ2) is 11.5. The van der Waals surface area contributed by atoms with E-state index in [0.29, 0.717) is 5.95 Å². The van der Waals surface area contributed by atoms with Crippen LogP contribution in [0, 0.1) is 0 Å². The highest BCUT2D eigenvalue weighted by Crippen LogP contribution is 2.46. The lowest BCUT2D eigenvalue weighted by Gasteiger charge is -2.12. The average Bonchev–Trinajstić information content (AvgIpc) is 3.91. The third kappa shape index (κ3) is 4.35. The van der Waals surface area contributed by atoms with Crippen LogP contribution in [0.4, 0.5) is 0 Å². The molecule has 0 fully saturated rings. The highest BCUT2D eigenvalue weighted by molar-refractivity contribution is 6.32. The smallest absolute Gasteiger partial charge is 0.235 e. The summed E-state index contributed by atoms with van der Waals surface area (Å²) in [5, 5.41) is 7.90. The molecule has 8 aromatic carbocycles. The fourth-order valence-electron chi connectivity index (χ4n) is 8.76. The Morgan fingerprint density at radius 2 is 1.00 bits per heavy atom. The van der Waals surface area contributed by atoms with Crippen molar-refractivity contribution in [3.8, 4) is 34.0 Å². The van der Waals surface area contributed by atoms with Crippen molar-refractivity contribution in [2.24, 2.45) is 0 Å². The first-order chi connectivity index (χ1) is 27.3. The number of benzene rings is 8. The van der Waals surface area contributed by atoms with Crippen LogP contribution in [0.5, 0.6) is 0 Å². The maximum Gasteiger partial charge on any atom is 0.235 e. The minimum absolute atomic E-state index is 0.640. The molecule has 5 heteroatoms. The number of hydrogen-bond acceptors (Lipinski definition) is 3. The molecular formula is C50H30N4O. The molecule has 5 nitrogen and oxygen atoms in total. The molecule has 0 aliphatic rings. The topological polar surface area (TPSA) is 48.8 Å². The third-order valence-electron chi connectivity index (χ3n) is 11.1. The van der Waals surface area contributed by atoms with Gasteiger partial charge in [-0.25, -0.2) is 9.97 Å². The van der Waals surface area contributed by atoms with E-state index in [-0.39, 0.29) is 0 Å². The Balaban J connectivity index is 1.23. The Labute approximate surface area is 315 Å². The number of hydrogen-bond donors (Lipinski definition) is 0. The summed E-state index contributed by atoms with van der Waals surface area (Å²) in [4.78, 5) is 10.6. The Bertz CT molecular complexity index is 3470. The minimum Gasteiger partial charge on any atom is -0.456 e. The summed E-state index contributed by atoms with van der Waals surface area (Å²) in [6.07, 6.45) is 0. The average molecular weight is 703 g/mol. The predicted molar refractivity (Wildman–Crippen MR) is 226 cm³/mol. The van der Waals surface area contributed by atoms with E-state index in [0.717, 1.165) is 82.6 Å². The van der Waals surface area contributed by atoms with Gasteiger partial charge in [0.2, 0.25) is 5.95 Å². The van der Waals surface area contributed by atoms with Crippen LogP contribution in [-0.2, 0) is 0 Å². The quantitative estimate of drug-likeness (QED) is 0.183. The van der Waals surface area contributed by atoms with Crippen molar-refractivity contribution in [1.82, 2.24) is 19.1 Å². The maximum absolute atomic E-state index is 6.46. The molecule has 12 aromatic rings. The molecule has 0 radical (unpaired) electrons. The summed E-state index contributed by atoms with van der Waals surface area (Å²) in [7, 11) is 0. The molecule has 55 heavy (non-hydrogen) atoms. The van der Waals surface area contributed by atoms with Crippen molar-refractivity contribution in [3.05, 3.63) is 182 Å². The largest absolute Gasteiger partial charge is 0.456 e. The molecule has 0 amide bonds. The second-order valence-corrected chi connectivity index (χ2v) is 14.1. The van der Waals surface area contributed by atoms with Gasteiger partial charge in [0.25, 0.3) is 0 Å². The number of nitrogens with zero attached hydrogens (tertiary/aromatic N) is 4. The van der Waals surface area contributed by atoms with Crippen molar-refractivity contribution in [1.29, 1.82) is 0 Å². The number of para-hydroxylation sites is 3. The molecule has 4 heterocycles.